The van der Waals surface area contributed by atoms with E-state index in [-0.39, 0.29) is 0 Å². The summed E-state index contributed by atoms with van der Waals surface area (Å²) in [5, 5.41) is 25.7. The third kappa shape index (κ3) is 12.3. The lowest BCUT2D eigenvalue weighted by Gasteiger charge is -2.13. The van der Waals surface area contributed by atoms with Gasteiger partial charge < -0.3 is 13.7 Å². The first-order valence-corrected chi connectivity index (χ1v) is 41.8. The third-order valence-corrected chi connectivity index (χ3v) is 24.9. The van der Waals surface area contributed by atoms with Gasteiger partial charge >= 0.3 is 0 Å². The zero-order valence-corrected chi connectivity index (χ0v) is 66.3. The van der Waals surface area contributed by atoms with Crippen LogP contribution in [0.1, 0.15) is 0 Å². The van der Waals surface area contributed by atoms with E-state index >= 15 is 0 Å². The maximum atomic E-state index is 2.42. The van der Waals surface area contributed by atoms with Crippen molar-refractivity contribution in [3.63, 3.8) is 0 Å². The molecule has 0 saturated carbocycles. The lowest BCUT2D eigenvalue weighted by molar-refractivity contribution is 1.18. The van der Waals surface area contributed by atoms with Gasteiger partial charge in [-0.05, 0) is 246 Å². The Balaban J connectivity index is 0.000000106. The minimum Gasteiger partial charge on any atom is -0.309 e. The van der Waals surface area contributed by atoms with Crippen LogP contribution in [-0.4, -0.2) is 13.7 Å². The smallest absolute Gasteiger partial charge is 0.0541 e. The highest BCUT2D eigenvalue weighted by atomic mass is 15.0. The lowest BCUT2D eigenvalue weighted by Crippen LogP contribution is -1.95. The molecular weight excluding hydrogens is 1460 g/mol. The molecule has 25 aromatic rings. The van der Waals surface area contributed by atoms with E-state index in [2.05, 4.69) is 481 Å². The summed E-state index contributed by atoms with van der Waals surface area (Å²) in [5.74, 6) is 0. The second-order valence-electron chi connectivity index (χ2n) is 31.7. The van der Waals surface area contributed by atoms with Gasteiger partial charge in [0.15, 0.2) is 0 Å². The fourth-order valence-electron chi connectivity index (χ4n) is 19.3. The van der Waals surface area contributed by atoms with Crippen molar-refractivity contribution in [3.05, 3.63) is 467 Å². The topological polar surface area (TPSA) is 14.8 Å². The van der Waals surface area contributed by atoms with E-state index in [1.54, 1.807) is 0 Å². The minimum atomic E-state index is 1.18. The number of nitrogens with zero attached hydrogens (tertiary/aromatic N) is 3. The molecule has 3 nitrogen and oxygen atoms in total. The molecule has 0 amide bonds. The number of fused-ring (bicyclic) bond motifs is 20. The van der Waals surface area contributed by atoms with E-state index in [0.717, 1.165) is 0 Å². The maximum absolute atomic E-state index is 2.42. The van der Waals surface area contributed by atoms with Crippen molar-refractivity contribution in [2.45, 2.75) is 0 Å². The summed E-state index contributed by atoms with van der Waals surface area (Å²) in [7, 11) is 0. The second-order valence-corrected chi connectivity index (χ2v) is 31.7. The van der Waals surface area contributed by atoms with Crippen molar-refractivity contribution in [2.75, 3.05) is 0 Å². The summed E-state index contributed by atoms with van der Waals surface area (Å²) in [6.45, 7) is 0. The van der Waals surface area contributed by atoms with Crippen molar-refractivity contribution in [1.29, 1.82) is 0 Å². The molecule has 3 aromatic heterocycles. The molecule has 0 atom stereocenters. The van der Waals surface area contributed by atoms with Gasteiger partial charge in [-0.15, -0.1) is 0 Å². The van der Waals surface area contributed by atoms with Crippen LogP contribution in [0.4, 0.5) is 0 Å². The van der Waals surface area contributed by atoms with Crippen LogP contribution in [0, 0.1) is 0 Å². The van der Waals surface area contributed by atoms with E-state index in [1.807, 2.05) is 0 Å². The highest BCUT2D eigenvalue weighted by Gasteiger charge is 2.20. The molecule has 0 unspecified atom stereocenters. The van der Waals surface area contributed by atoms with Crippen molar-refractivity contribution in [2.24, 2.45) is 0 Å². The van der Waals surface area contributed by atoms with E-state index in [1.165, 1.54) is 225 Å². The van der Waals surface area contributed by atoms with E-state index < -0.39 is 0 Å². The first-order chi connectivity index (χ1) is 60.0. The van der Waals surface area contributed by atoms with Crippen LogP contribution in [0.5, 0.6) is 0 Å². The molecule has 0 aliphatic heterocycles. The Bertz CT molecular complexity index is 8340. The molecule has 0 aliphatic rings. The van der Waals surface area contributed by atoms with Gasteiger partial charge in [0.2, 0.25) is 0 Å². The Morgan fingerprint density at radius 2 is 0.421 bits per heavy atom. The minimum absolute atomic E-state index is 1.18. The summed E-state index contributed by atoms with van der Waals surface area (Å²) in [4.78, 5) is 0. The molecule has 22 aromatic carbocycles. The normalized spacial score (nSPS) is 11.6. The Morgan fingerprint density at radius 1 is 0.116 bits per heavy atom. The second kappa shape index (κ2) is 29.7. The average molecular weight is 1540 g/mol. The van der Waals surface area contributed by atoms with Crippen molar-refractivity contribution in [3.8, 4) is 83.8 Å². The van der Waals surface area contributed by atoms with Crippen molar-refractivity contribution in [1.82, 2.24) is 13.7 Å². The highest BCUT2D eigenvalue weighted by molar-refractivity contribution is 6.26. The van der Waals surface area contributed by atoms with Crippen LogP contribution in [0.3, 0.4) is 0 Å². The molecule has 3 heteroatoms. The fourth-order valence-corrected chi connectivity index (χ4v) is 19.3. The van der Waals surface area contributed by atoms with Gasteiger partial charge in [-0.3, -0.25) is 0 Å². The molecule has 0 saturated heterocycles. The zero-order chi connectivity index (χ0) is 79.9. The molecule has 0 bridgehead atoms. The van der Waals surface area contributed by atoms with Gasteiger partial charge in [-0.25, -0.2) is 0 Å². The summed E-state index contributed by atoms with van der Waals surface area (Å²) in [5.41, 5.74) is 25.8. The monoisotopic (exact) mass is 1540 g/mol. The Hall–Kier alpha value is -15.9. The Kier molecular flexibility index (Phi) is 17.3. The molecular formula is C118H77N3. The van der Waals surface area contributed by atoms with Crippen LogP contribution in [0.2, 0.25) is 0 Å². The van der Waals surface area contributed by atoms with Crippen molar-refractivity contribution >= 4 is 141 Å². The van der Waals surface area contributed by atoms with Crippen LogP contribution < -0.4 is 0 Å². The first-order valence-electron chi connectivity index (χ1n) is 41.8. The van der Waals surface area contributed by atoms with Crippen LogP contribution in [-0.2, 0) is 0 Å². The molecule has 0 N–H and O–H groups in total. The number of hydrogen-bond donors (Lipinski definition) is 0. The quantitative estimate of drug-likeness (QED) is 0.128. The molecule has 0 aliphatic carbocycles. The zero-order valence-electron chi connectivity index (χ0n) is 66.3. The Labute approximate surface area is 700 Å². The fraction of sp³-hybridized carbons (Fsp3) is 0. The summed E-state index contributed by atoms with van der Waals surface area (Å²) >= 11 is 0. The number of rotatable bonds is 9. The van der Waals surface area contributed by atoms with Gasteiger partial charge in [0.25, 0.3) is 0 Å². The average Bonchev–Trinajstić information content (AvgIpc) is 1.64. The first kappa shape index (κ1) is 70.5. The number of aromatic nitrogens is 3. The molecule has 564 valence electrons. The molecule has 0 radical (unpaired) electrons. The largest absolute Gasteiger partial charge is 0.309 e. The van der Waals surface area contributed by atoms with Gasteiger partial charge in [-0.2, -0.15) is 0 Å². The van der Waals surface area contributed by atoms with Gasteiger partial charge in [0.05, 0.1) is 38.8 Å². The number of benzene rings is 22. The van der Waals surface area contributed by atoms with Gasteiger partial charge in [-0.1, -0.05) is 358 Å². The predicted molar refractivity (Wildman–Crippen MR) is 518 cm³/mol. The highest BCUT2D eigenvalue weighted by Crippen LogP contribution is 2.45. The lowest BCUT2D eigenvalue weighted by atomic mass is 9.91. The van der Waals surface area contributed by atoms with Crippen LogP contribution >= 0.6 is 0 Å². The van der Waals surface area contributed by atoms with Crippen molar-refractivity contribution < 1.29 is 0 Å². The summed E-state index contributed by atoms with van der Waals surface area (Å²) < 4.78 is 7.15. The molecule has 0 spiro atoms. The number of hydrogen-bond acceptors (Lipinski definition) is 0. The van der Waals surface area contributed by atoms with E-state index in [9.17, 15) is 0 Å². The van der Waals surface area contributed by atoms with E-state index in [0.29, 0.717) is 0 Å². The van der Waals surface area contributed by atoms with Crippen LogP contribution in [0.15, 0.2) is 467 Å². The van der Waals surface area contributed by atoms with Crippen LogP contribution in [0.25, 0.3) is 225 Å². The number of para-hydroxylation sites is 5. The molecule has 121 heavy (non-hydrogen) atoms. The SMILES string of the molecule is c1ccc(-n2c3ccccc3c3cc(-c4cccc(-c5cc6ccccc6c6ccccc56)c4)ccc32)cc1.c1ccc(-n2c3ccccc3c3cc(-c4cccc(-c5ccc6c7ccccc7c7ccccc7c6c5)c4)ccc32)cc1.c1ccc2c(-c3ccc(-c4ccc5c(c4)c4ccccc4n5-c4cccc5ccccc45)cc3)cccc2c1. The third-order valence-electron chi connectivity index (χ3n) is 24.9. The molecule has 0 fully saturated rings. The van der Waals surface area contributed by atoms with Gasteiger partial charge in [0, 0.05) is 49.1 Å². The van der Waals surface area contributed by atoms with E-state index in [4.69, 9.17) is 0 Å². The summed E-state index contributed by atoms with van der Waals surface area (Å²) in [6, 6.07) is 170. The summed E-state index contributed by atoms with van der Waals surface area (Å²) in [6.07, 6.45) is 0. The molecule has 25 rings (SSSR count). The molecule has 3 heterocycles. The standard InChI is InChI=1S/C42H27N.2C38H25N/c1-2-13-32(14-3-1)43-41-20-9-8-19-38(41)40-27-31(22-24-42(40)43)29-12-10-11-28(25-29)30-21-23-37-35-17-5-4-15-33(35)34-16-6-7-18-36(34)39(37)26-30;1-3-13-31-27(9-1)11-7-16-32(31)29-21-19-26(20-22-29)30-23-24-38-35(25-30)34-15-5-6-17-37(34)39(38)36-18-8-12-28-10-2-4-14-33(28)36;1-2-14-30(15-3-1)39-37-20-9-8-19-34(37)36-24-27(21-22-38(36)39)26-12-10-13-28(23-26)35-25-29-11-4-5-16-31(29)32-17-6-7-18-33(32)35/h1-27H;2*1-25H. The van der Waals surface area contributed by atoms with Gasteiger partial charge in [0.1, 0.15) is 0 Å². The Morgan fingerprint density at radius 3 is 0.950 bits per heavy atom. The maximum Gasteiger partial charge on any atom is 0.0541 e. The predicted octanol–water partition coefficient (Wildman–Crippen LogP) is 32.4.